The fraction of sp³-hybridized carbons (Fsp3) is 0.462. The minimum atomic E-state index is -2.74. The second kappa shape index (κ2) is 26.9. The number of aliphatic hydroxyl groups is 2. The summed E-state index contributed by atoms with van der Waals surface area (Å²) in [5, 5.41) is 81.9. The van der Waals surface area contributed by atoms with E-state index in [9.17, 15) is 28.8 Å². The first-order chi connectivity index (χ1) is 13.8. The van der Waals surface area contributed by atoms with Crippen LogP contribution in [0.15, 0.2) is 0 Å². The van der Waals surface area contributed by atoms with Gasteiger partial charge in [0.1, 0.15) is 0 Å². The second-order valence-electron chi connectivity index (χ2n) is 5.31. The van der Waals surface area contributed by atoms with Crippen molar-refractivity contribution in [2.45, 2.75) is 36.9 Å². The number of aliphatic carboxylic acids is 6. The Morgan fingerprint density at radius 2 is 0.639 bits per heavy atom. The summed E-state index contributed by atoms with van der Waals surface area (Å²) in [6.45, 7) is 0. The number of hydrogen-bond donors (Lipinski definition) is 10. The van der Waals surface area contributed by atoms with Crippen molar-refractivity contribution in [2.24, 2.45) is 0 Å². The third kappa shape index (κ3) is 30.9. The molecule has 0 aromatic rings. The maximum absolute atomic E-state index is 10.3. The first-order valence-electron chi connectivity index (χ1n) is 7.16. The van der Waals surface area contributed by atoms with Gasteiger partial charge in [-0.3, -0.25) is 24.1 Å². The molecule has 0 aliphatic heterocycles. The van der Waals surface area contributed by atoms with E-state index in [4.69, 9.17) is 56.0 Å². The molecule has 20 nitrogen and oxygen atoms in total. The summed E-state index contributed by atoms with van der Waals surface area (Å²) in [6, 6.07) is 0. The van der Waals surface area contributed by atoms with Crippen molar-refractivity contribution >= 4 is 131 Å². The van der Waals surface area contributed by atoms with E-state index in [1.165, 1.54) is 0 Å². The number of rotatable bonds is 10. The van der Waals surface area contributed by atoms with Crippen molar-refractivity contribution in [3.05, 3.63) is 0 Å². The predicted molar refractivity (Wildman–Crippen MR) is 115 cm³/mol. The van der Waals surface area contributed by atoms with E-state index < -0.39 is 78.9 Å². The van der Waals surface area contributed by atoms with E-state index in [2.05, 4.69) is 4.89 Å². The van der Waals surface area contributed by atoms with Crippen molar-refractivity contribution in [3.63, 3.8) is 0 Å². The zero-order valence-corrected chi connectivity index (χ0v) is 16.1. The number of carboxylic acid groups (broad SMARTS) is 7. The molecular weight excluding hydrogens is 545 g/mol. The van der Waals surface area contributed by atoms with Gasteiger partial charge < -0.3 is 56.9 Å². The van der Waals surface area contributed by atoms with Crippen molar-refractivity contribution in [3.8, 4) is 0 Å². The van der Waals surface area contributed by atoms with Gasteiger partial charge in [0.2, 0.25) is 0 Å². The average Bonchev–Trinajstić information content (AvgIpc) is 2.52. The summed E-state index contributed by atoms with van der Waals surface area (Å²) < 4.78 is 0. The van der Waals surface area contributed by atoms with Crippen LogP contribution in [0.3, 0.4) is 0 Å². The van der Waals surface area contributed by atoms with Crippen molar-refractivity contribution in [1.82, 2.24) is 0 Å². The zero-order valence-electron chi connectivity index (χ0n) is 16.1. The van der Waals surface area contributed by atoms with Crippen LogP contribution < -0.4 is 0 Å². The molecule has 0 atom stereocenters. The molecule has 36 heavy (non-hydrogen) atoms. The molecule has 0 unspecified atom stereocenters. The standard InChI is InChI=1S/2C6H8O7.CH2O4.3Na.2H2O.3H/c2*7-3(8)1-6(13,5(11)12)2-4(9)10;2-1(3)5-4;;;;;;;;/h2*13H,1-2H2,(H,7,8)(H,9,10)(H,11,12);4H,(H,2,3);;;;2*1H2;;;. The van der Waals surface area contributed by atoms with E-state index in [0.717, 1.165) is 0 Å². The average molecular weight is 570 g/mol. The Morgan fingerprint density at radius 1 is 0.500 bits per heavy atom. The van der Waals surface area contributed by atoms with Crippen LogP contribution in [-0.4, -0.2) is 204 Å². The van der Waals surface area contributed by atoms with Gasteiger partial charge in [0, 0.05) is 0 Å². The Hall–Kier alpha value is -1.11. The topological polar surface area (TPSA) is 394 Å². The van der Waals surface area contributed by atoms with Crippen molar-refractivity contribution < 1.29 is 101 Å². The molecule has 23 heteroatoms. The molecule has 0 aliphatic rings. The van der Waals surface area contributed by atoms with Gasteiger partial charge in [-0.1, -0.05) is 0 Å². The van der Waals surface area contributed by atoms with E-state index in [-0.39, 0.29) is 99.6 Å². The minimum absolute atomic E-state index is 0. The van der Waals surface area contributed by atoms with Crippen molar-refractivity contribution in [2.75, 3.05) is 0 Å². The van der Waals surface area contributed by atoms with Gasteiger partial charge in [0.15, 0.2) is 11.2 Å². The van der Waals surface area contributed by atoms with Gasteiger partial charge in [-0.05, 0) is 0 Å². The van der Waals surface area contributed by atoms with Crippen LogP contribution in [0.1, 0.15) is 25.7 Å². The third-order valence-electron chi connectivity index (χ3n) is 2.65. The van der Waals surface area contributed by atoms with Gasteiger partial charge in [0.05, 0.1) is 25.7 Å². The second-order valence-corrected chi connectivity index (χ2v) is 5.31. The van der Waals surface area contributed by atoms with Crippen LogP contribution in [0, 0.1) is 0 Å². The molecule has 0 radical (unpaired) electrons. The Balaban J connectivity index is -0.0000000547. The van der Waals surface area contributed by atoms with E-state index in [1.807, 2.05) is 0 Å². The number of hydrogen-bond acceptors (Lipinski definition) is 11. The van der Waals surface area contributed by atoms with Gasteiger partial charge in [-0.25, -0.2) is 14.4 Å². The van der Waals surface area contributed by atoms with Crippen LogP contribution in [0.5, 0.6) is 0 Å². The van der Waals surface area contributed by atoms with Crippen LogP contribution in [0.2, 0.25) is 0 Å². The molecule has 0 saturated heterocycles. The fourth-order valence-electron chi connectivity index (χ4n) is 1.43. The van der Waals surface area contributed by atoms with E-state index >= 15 is 0 Å². The van der Waals surface area contributed by atoms with Gasteiger partial charge in [-0.2, -0.15) is 5.26 Å². The summed E-state index contributed by atoms with van der Waals surface area (Å²) in [6.07, 6.45) is -6.27. The molecule has 0 spiro atoms. The SMILES string of the molecule is O.O.O=C(O)CC(O)(CC(=O)O)C(=O)O.O=C(O)CC(O)(CC(=O)O)C(=O)O.O=C(O)OO.[NaH].[NaH].[NaH]. The van der Waals surface area contributed by atoms with Crippen LogP contribution in [0.4, 0.5) is 4.79 Å². The Morgan fingerprint density at radius 3 is 0.694 bits per heavy atom. The normalized spacial score (nSPS) is 8.75. The molecular formula is C13H25Na3O20. The monoisotopic (exact) mass is 570 g/mol. The molecule has 200 valence electrons. The summed E-state index contributed by atoms with van der Waals surface area (Å²) in [4.78, 5) is 72.5. The van der Waals surface area contributed by atoms with Gasteiger partial charge in [-0.15, -0.1) is 0 Å². The fourth-order valence-corrected chi connectivity index (χ4v) is 1.43. The van der Waals surface area contributed by atoms with Gasteiger partial charge in [0.25, 0.3) is 0 Å². The van der Waals surface area contributed by atoms with Crippen molar-refractivity contribution in [1.29, 1.82) is 0 Å². The van der Waals surface area contributed by atoms with Crippen LogP contribution in [-0.2, 0) is 33.7 Å². The summed E-state index contributed by atoms with van der Waals surface area (Å²) in [7, 11) is 0. The number of carboxylic acids is 6. The first kappa shape index (κ1) is 55.4. The van der Waals surface area contributed by atoms with E-state index in [1.54, 1.807) is 0 Å². The molecule has 0 saturated carbocycles. The molecule has 0 fully saturated rings. The molecule has 0 bridgehead atoms. The van der Waals surface area contributed by atoms with Crippen LogP contribution in [0.25, 0.3) is 0 Å². The Bertz CT molecular complexity index is 625. The van der Waals surface area contributed by atoms with Gasteiger partial charge >= 0.3 is 131 Å². The first-order valence-corrected chi connectivity index (χ1v) is 7.16. The Labute approximate surface area is 265 Å². The summed E-state index contributed by atoms with van der Waals surface area (Å²) in [5.41, 5.74) is -5.48. The molecule has 0 aromatic carbocycles. The molecule has 0 heterocycles. The predicted octanol–water partition coefficient (Wildman–Crippen LogP) is -5.94. The third-order valence-corrected chi connectivity index (χ3v) is 2.65. The van der Waals surface area contributed by atoms with E-state index in [0.29, 0.717) is 0 Å². The zero-order chi connectivity index (χ0) is 25.6. The quantitative estimate of drug-likeness (QED) is 0.0663. The van der Waals surface area contributed by atoms with Crippen LogP contribution >= 0.6 is 0 Å². The summed E-state index contributed by atoms with van der Waals surface area (Å²) >= 11 is 0. The molecule has 14 N–H and O–H groups in total. The molecule has 0 amide bonds. The molecule has 0 aliphatic carbocycles. The Kier molecular flexibility index (Phi) is 41.5. The molecule has 0 rings (SSSR count). The molecule has 0 aromatic heterocycles. The number of carbonyl (C=O) groups is 7. The maximum atomic E-state index is 10.3. The summed E-state index contributed by atoms with van der Waals surface area (Å²) in [5.74, 6) is -10.0.